The maximum Gasteiger partial charge on any atom is 0.228 e. The monoisotopic (exact) mass is 340 g/mol. The largest absolute Gasteiger partial charge is 0.439 e. The van der Waals surface area contributed by atoms with E-state index >= 15 is 0 Å². The second kappa shape index (κ2) is 7.09. The number of hydrogen-bond acceptors (Lipinski definition) is 5. The molecular weight excluding hydrogens is 316 g/mol. The van der Waals surface area contributed by atoms with Gasteiger partial charge in [0.1, 0.15) is 17.9 Å². The van der Waals surface area contributed by atoms with Crippen molar-refractivity contribution in [1.82, 2.24) is 14.9 Å². The number of benzene rings is 1. The molecule has 0 atom stereocenters. The van der Waals surface area contributed by atoms with Gasteiger partial charge in [-0.1, -0.05) is 39.0 Å². The van der Waals surface area contributed by atoms with Crippen LogP contribution in [-0.4, -0.2) is 47.0 Å². The van der Waals surface area contributed by atoms with Crippen LogP contribution < -0.4 is 9.64 Å². The summed E-state index contributed by atoms with van der Waals surface area (Å²) >= 11 is 0. The standard InChI is InChI=1S/C19H24N4O2/c1-19(2,3)18(24)23-11-9-22(10-12-23)16-13-17(21-14-20-16)25-15-7-5-4-6-8-15/h4-8,13-14H,9-12H2,1-3H3. The van der Waals surface area contributed by atoms with E-state index in [0.717, 1.165) is 24.7 Å². The number of aromatic nitrogens is 2. The van der Waals surface area contributed by atoms with Crippen LogP contribution in [0.2, 0.25) is 0 Å². The molecule has 1 aliphatic rings. The lowest BCUT2D eigenvalue weighted by Crippen LogP contribution is -2.51. The zero-order valence-corrected chi connectivity index (χ0v) is 15.0. The van der Waals surface area contributed by atoms with Crippen LogP contribution in [0.25, 0.3) is 0 Å². The van der Waals surface area contributed by atoms with Gasteiger partial charge >= 0.3 is 0 Å². The van der Waals surface area contributed by atoms with E-state index in [4.69, 9.17) is 4.74 Å². The first-order chi connectivity index (χ1) is 11.9. The predicted octanol–water partition coefficient (Wildman–Crippen LogP) is 2.96. The number of carbonyl (C=O) groups excluding carboxylic acids is 1. The maximum atomic E-state index is 12.4. The molecule has 6 heteroatoms. The predicted molar refractivity (Wildman–Crippen MR) is 96.8 cm³/mol. The third kappa shape index (κ3) is 4.26. The average molecular weight is 340 g/mol. The highest BCUT2D eigenvalue weighted by atomic mass is 16.5. The van der Waals surface area contributed by atoms with Gasteiger partial charge in [0, 0.05) is 37.7 Å². The SMILES string of the molecule is CC(C)(C)C(=O)N1CCN(c2cc(Oc3ccccc3)ncn2)CC1. The van der Waals surface area contributed by atoms with E-state index in [0.29, 0.717) is 19.0 Å². The minimum absolute atomic E-state index is 0.197. The van der Waals surface area contributed by atoms with Crippen molar-refractivity contribution in [3.8, 4) is 11.6 Å². The Balaban J connectivity index is 1.64. The number of anilines is 1. The Morgan fingerprint density at radius 1 is 1.04 bits per heavy atom. The van der Waals surface area contributed by atoms with Crippen molar-refractivity contribution in [2.24, 2.45) is 5.41 Å². The van der Waals surface area contributed by atoms with Crippen LogP contribution in [0, 0.1) is 5.41 Å². The van der Waals surface area contributed by atoms with Crippen molar-refractivity contribution in [2.75, 3.05) is 31.1 Å². The van der Waals surface area contributed by atoms with Gasteiger partial charge in [-0.25, -0.2) is 9.97 Å². The maximum absolute atomic E-state index is 12.4. The van der Waals surface area contributed by atoms with Crippen LogP contribution in [0.15, 0.2) is 42.7 Å². The lowest BCUT2D eigenvalue weighted by Gasteiger charge is -2.38. The lowest BCUT2D eigenvalue weighted by molar-refractivity contribution is -0.139. The van der Waals surface area contributed by atoms with E-state index in [-0.39, 0.29) is 11.3 Å². The number of piperazine rings is 1. The highest BCUT2D eigenvalue weighted by molar-refractivity contribution is 5.81. The van der Waals surface area contributed by atoms with Crippen molar-refractivity contribution >= 4 is 11.7 Å². The molecule has 0 unspecified atom stereocenters. The smallest absolute Gasteiger partial charge is 0.228 e. The van der Waals surface area contributed by atoms with Crippen molar-refractivity contribution in [3.63, 3.8) is 0 Å². The average Bonchev–Trinajstić information content (AvgIpc) is 2.61. The summed E-state index contributed by atoms with van der Waals surface area (Å²) in [6, 6.07) is 11.4. The molecule has 1 saturated heterocycles. The van der Waals surface area contributed by atoms with E-state index in [2.05, 4.69) is 14.9 Å². The molecule has 0 spiro atoms. The summed E-state index contributed by atoms with van der Waals surface area (Å²) < 4.78 is 5.77. The lowest BCUT2D eigenvalue weighted by atomic mass is 9.94. The van der Waals surface area contributed by atoms with Crippen molar-refractivity contribution in [3.05, 3.63) is 42.7 Å². The van der Waals surface area contributed by atoms with E-state index in [1.54, 1.807) is 0 Å². The van der Waals surface area contributed by atoms with Crippen LogP contribution in [0.1, 0.15) is 20.8 Å². The highest BCUT2D eigenvalue weighted by Crippen LogP contribution is 2.24. The minimum atomic E-state index is -0.340. The zero-order valence-electron chi connectivity index (χ0n) is 15.0. The fraction of sp³-hybridized carbons (Fsp3) is 0.421. The van der Waals surface area contributed by atoms with Gasteiger partial charge in [-0.05, 0) is 12.1 Å². The van der Waals surface area contributed by atoms with Gasteiger partial charge in [-0.15, -0.1) is 0 Å². The highest BCUT2D eigenvalue weighted by Gasteiger charge is 2.30. The molecule has 2 aromatic rings. The fourth-order valence-corrected chi connectivity index (χ4v) is 2.78. The van der Waals surface area contributed by atoms with E-state index < -0.39 is 0 Å². The van der Waals surface area contributed by atoms with E-state index in [1.807, 2.05) is 62.1 Å². The van der Waals surface area contributed by atoms with Crippen LogP contribution in [0.3, 0.4) is 0 Å². The number of ether oxygens (including phenoxy) is 1. The molecule has 0 radical (unpaired) electrons. The first-order valence-corrected chi connectivity index (χ1v) is 8.53. The number of carbonyl (C=O) groups is 1. The summed E-state index contributed by atoms with van der Waals surface area (Å²) in [5, 5.41) is 0. The second-order valence-corrected chi connectivity index (χ2v) is 7.16. The molecule has 3 rings (SSSR count). The van der Waals surface area contributed by atoms with Gasteiger partial charge in [-0.3, -0.25) is 4.79 Å². The molecule has 0 bridgehead atoms. The van der Waals surface area contributed by atoms with Gasteiger partial charge in [-0.2, -0.15) is 0 Å². The first-order valence-electron chi connectivity index (χ1n) is 8.53. The molecule has 25 heavy (non-hydrogen) atoms. The summed E-state index contributed by atoms with van der Waals surface area (Å²) in [4.78, 5) is 25.0. The van der Waals surface area contributed by atoms with Crippen LogP contribution in [0.4, 0.5) is 5.82 Å². The van der Waals surface area contributed by atoms with Crippen LogP contribution >= 0.6 is 0 Å². The third-order valence-electron chi connectivity index (χ3n) is 4.13. The van der Waals surface area contributed by atoms with Gasteiger partial charge in [0.15, 0.2) is 0 Å². The Morgan fingerprint density at radius 2 is 1.72 bits per heavy atom. The Morgan fingerprint density at radius 3 is 2.36 bits per heavy atom. The summed E-state index contributed by atoms with van der Waals surface area (Å²) in [7, 11) is 0. The number of amides is 1. The number of nitrogens with zero attached hydrogens (tertiary/aromatic N) is 4. The Bertz CT molecular complexity index is 720. The Kier molecular flexibility index (Phi) is 4.88. The Labute approximate surface area is 148 Å². The van der Waals surface area contributed by atoms with Crippen LogP contribution in [0.5, 0.6) is 11.6 Å². The molecule has 0 saturated carbocycles. The molecule has 1 aromatic carbocycles. The van der Waals surface area contributed by atoms with E-state index in [1.165, 1.54) is 6.33 Å². The quantitative estimate of drug-likeness (QED) is 0.860. The summed E-state index contributed by atoms with van der Waals surface area (Å²) in [6.45, 7) is 8.79. The third-order valence-corrected chi connectivity index (χ3v) is 4.13. The normalized spacial score (nSPS) is 15.2. The summed E-state index contributed by atoms with van der Waals surface area (Å²) in [5.41, 5.74) is -0.340. The molecule has 1 fully saturated rings. The zero-order chi connectivity index (χ0) is 17.9. The minimum Gasteiger partial charge on any atom is -0.439 e. The molecular formula is C19H24N4O2. The van der Waals surface area contributed by atoms with Gasteiger partial charge < -0.3 is 14.5 Å². The second-order valence-electron chi connectivity index (χ2n) is 7.16. The molecule has 1 amide bonds. The van der Waals surface area contributed by atoms with Gasteiger partial charge in [0.05, 0.1) is 0 Å². The van der Waals surface area contributed by atoms with Gasteiger partial charge in [0.25, 0.3) is 0 Å². The molecule has 132 valence electrons. The fourth-order valence-electron chi connectivity index (χ4n) is 2.78. The van der Waals surface area contributed by atoms with Crippen molar-refractivity contribution < 1.29 is 9.53 Å². The first kappa shape index (κ1) is 17.2. The van der Waals surface area contributed by atoms with Gasteiger partial charge in [0.2, 0.25) is 11.8 Å². The summed E-state index contributed by atoms with van der Waals surface area (Å²) in [6.07, 6.45) is 1.51. The molecule has 1 aliphatic heterocycles. The number of rotatable bonds is 3. The van der Waals surface area contributed by atoms with Crippen molar-refractivity contribution in [2.45, 2.75) is 20.8 Å². The van der Waals surface area contributed by atoms with Crippen molar-refractivity contribution in [1.29, 1.82) is 0 Å². The molecule has 1 aromatic heterocycles. The number of para-hydroxylation sites is 1. The molecule has 6 nitrogen and oxygen atoms in total. The topological polar surface area (TPSA) is 58.6 Å². The molecule has 0 N–H and O–H groups in total. The Hall–Kier alpha value is -2.63. The molecule has 0 aliphatic carbocycles. The number of hydrogen-bond donors (Lipinski definition) is 0. The van der Waals surface area contributed by atoms with Crippen LogP contribution in [-0.2, 0) is 4.79 Å². The summed E-state index contributed by atoms with van der Waals surface area (Å²) in [5.74, 6) is 2.28. The van der Waals surface area contributed by atoms with E-state index in [9.17, 15) is 4.79 Å². The molecule has 2 heterocycles.